The van der Waals surface area contributed by atoms with E-state index in [0.717, 1.165) is 18.6 Å². The third kappa shape index (κ3) is 3.91. The van der Waals surface area contributed by atoms with E-state index in [1.807, 2.05) is 0 Å². The van der Waals surface area contributed by atoms with E-state index in [-0.39, 0.29) is 6.54 Å². The van der Waals surface area contributed by atoms with Crippen LogP contribution >= 0.6 is 0 Å². The summed E-state index contributed by atoms with van der Waals surface area (Å²) in [6, 6.07) is 1.74. The van der Waals surface area contributed by atoms with Crippen LogP contribution in [0.25, 0.3) is 0 Å². The second-order valence-corrected chi connectivity index (χ2v) is 7.20. The van der Waals surface area contributed by atoms with Gasteiger partial charge in [-0.2, -0.15) is 0 Å². The van der Waals surface area contributed by atoms with Crippen LogP contribution in [0.5, 0.6) is 0 Å². The fourth-order valence-electron chi connectivity index (χ4n) is 2.73. The Hall–Kier alpha value is -1.21. The van der Waals surface area contributed by atoms with Crippen LogP contribution in [0.15, 0.2) is 17.0 Å². The van der Waals surface area contributed by atoms with Crippen LogP contribution < -0.4 is 10.5 Å². The summed E-state index contributed by atoms with van der Waals surface area (Å²) in [7, 11) is -4.00. The van der Waals surface area contributed by atoms with E-state index in [9.17, 15) is 17.2 Å². The maximum Gasteiger partial charge on any atom is 0.243 e. The van der Waals surface area contributed by atoms with Gasteiger partial charge in [0.2, 0.25) is 10.0 Å². The van der Waals surface area contributed by atoms with E-state index >= 15 is 0 Å². The number of halogens is 2. The highest BCUT2D eigenvalue weighted by Crippen LogP contribution is 2.28. The molecule has 3 N–H and O–H groups in total. The van der Waals surface area contributed by atoms with Crippen LogP contribution in [0.3, 0.4) is 0 Å². The van der Waals surface area contributed by atoms with Crippen LogP contribution in [-0.4, -0.2) is 15.0 Å². The number of nitrogens with one attached hydrogen (secondary N) is 1. The largest absolute Gasteiger partial charge is 0.394 e. The van der Waals surface area contributed by atoms with Crippen LogP contribution in [0.2, 0.25) is 0 Å². The van der Waals surface area contributed by atoms with Crippen molar-refractivity contribution in [1.29, 1.82) is 0 Å². The molecule has 4 nitrogen and oxygen atoms in total. The maximum absolute atomic E-state index is 13.7. The van der Waals surface area contributed by atoms with Crippen LogP contribution in [-0.2, 0) is 10.0 Å². The molecule has 1 aromatic carbocycles. The number of sulfonamides is 1. The first-order valence-electron chi connectivity index (χ1n) is 7.15. The summed E-state index contributed by atoms with van der Waals surface area (Å²) in [5.41, 5.74) is 4.40. The topological polar surface area (TPSA) is 72.2 Å². The molecular formula is C14H20F2N2O2S. The fourth-order valence-corrected chi connectivity index (χ4v) is 3.89. The van der Waals surface area contributed by atoms with Crippen LogP contribution in [0.4, 0.5) is 14.5 Å². The van der Waals surface area contributed by atoms with Gasteiger partial charge in [-0.15, -0.1) is 0 Å². The van der Waals surface area contributed by atoms with Crippen molar-refractivity contribution in [3.05, 3.63) is 23.8 Å². The lowest BCUT2D eigenvalue weighted by molar-refractivity contribution is 0.480. The predicted octanol–water partition coefficient (Wildman–Crippen LogP) is 2.80. The first kappa shape index (κ1) is 16.2. The summed E-state index contributed by atoms with van der Waals surface area (Å²) in [6.07, 6.45) is 6.58. The molecule has 1 fully saturated rings. The minimum atomic E-state index is -4.00. The second kappa shape index (κ2) is 6.70. The van der Waals surface area contributed by atoms with Gasteiger partial charge in [0.1, 0.15) is 16.4 Å². The molecule has 1 saturated carbocycles. The zero-order valence-electron chi connectivity index (χ0n) is 11.7. The van der Waals surface area contributed by atoms with E-state index < -0.39 is 32.2 Å². The Morgan fingerprint density at radius 3 is 2.57 bits per heavy atom. The van der Waals surface area contributed by atoms with Gasteiger partial charge >= 0.3 is 0 Å². The molecular weight excluding hydrogens is 298 g/mol. The molecule has 1 aromatic rings. The molecule has 0 saturated heterocycles. The minimum absolute atomic E-state index is 0.246. The molecule has 2 rings (SSSR count). The van der Waals surface area contributed by atoms with Gasteiger partial charge < -0.3 is 5.73 Å². The lowest BCUT2D eigenvalue weighted by atomic mass is 10.0. The Bertz CT molecular complexity index is 599. The minimum Gasteiger partial charge on any atom is -0.394 e. The zero-order valence-corrected chi connectivity index (χ0v) is 12.6. The lowest BCUT2D eigenvalue weighted by Crippen LogP contribution is -2.26. The molecule has 0 aliphatic heterocycles. The molecule has 0 spiro atoms. The SMILES string of the molecule is Nc1c(F)ccc(S(=O)(=O)NCCCC2CCCC2)c1F. The Labute approximate surface area is 123 Å². The summed E-state index contributed by atoms with van der Waals surface area (Å²) < 4.78 is 53.1. The maximum atomic E-state index is 13.7. The highest BCUT2D eigenvalue weighted by molar-refractivity contribution is 7.89. The monoisotopic (exact) mass is 318 g/mol. The number of nitrogens with two attached hydrogens (primary N) is 1. The third-order valence-corrected chi connectivity index (χ3v) is 5.42. The molecule has 0 amide bonds. The molecule has 118 valence electrons. The van der Waals surface area contributed by atoms with Gasteiger partial charge in [-0.25, -0.2) is 21.9 Å². The Kier molecular flexibility index (Phi) is 5.16. The number of hydrogen-bond acceptors (Lipinski definition) is 3. The van der Waals surface area contributed by atoms with Crippen molar-refractivity contribution in [3.8, 4) is 0 Å². The number of nitrogen functional groups attached to an aromatic ring is 1. The normalized spacial score (nSPS) is 16.5. The molecule has 0 atom stereocenters. The first-order chi connectivity index (χ1) is 9.92. The Morgan fingerprint density at radius 2 is 1.90 bits per heavy atom. The third-order valence-electron chi connectivity index (χ3n) is 3.94. The molecule has 0 unspecified atom stereocenters. The van der Waals surface area contributed by atoms with Crippen molar-refractivity contribution in [3.63, 3.8) is 0 Å². The van der Waals surface area contributed by atoms with Crippen molar-refractivity contribution in [2.75, 3.05) is 12.3 Å². The summed E-state index contributed by atoms with van der Waals surface area (Å²) in [4.78, 5) is -0.609. The standard InChI is InChI=1S/C14H20F2N2O2S/c15-11-7-8-12(13(16)14(11)17)21(19,20)18-9-3-6-10-4-1-2-5-10/h7-8,10,18H,1-6,9,17H2. The summed E-state index contributed by atoms with van der Waals surface area (Å²) in [6.45, 7) is 0.246. The van der Waals surface area contributed by atoms with Crippen molar-refractivity contribution >= 4 is 15.7 Å². The van der Waals surface area contributed by atoms with E-state index in [1.54, 1.807) is 0 Å². The van der Waals surface area contributed by atoms with Gasteiger partial charge in [0, 0.05) is 6.54 Å². The number of rotatable bonds is 6. The van der Waals surface area contributed by atoms with Crippen molar-refractivity contribution in [2.45, 2.75) is 43.4 Å². The lowest BCUT2D eigenvalue weighted by Gasteiger charge is -2.11. The fraction of sp³-hybridized carbons (Fsp3) is 0.571. The van der Waals surface area contributed by atoms with Gasteiger partial charge in [-0.1, -0.05) is 25.7 Å². The first-order valence-corrected chi connectivity index (χ1v) is 8.63. The summed E-state index contributed by atoms with van der Waals surface area (Å²) >= 11 is 0. The van der Waals surface area contributed by atoms with Crippen molar-refractivity contribution < 1.29 is 17.2 Å². The molecule has 0 radical (unpaired) electrons. The highest BCUT2D eigenvalue weighted by Gasteiger charge is 2.22. The smallest absolute Gasteiger partial charge is 0.243 e. The van der Waals surface area contributed by atoms with Crippen LogP contribution in [0.1, 0.15) is 38.5 Å². The quantitative estimate of drug-likeness (QED) is 0.626. The van der Waals surface area contributed by atoms with Gasteiger partial charge in [0.05, 0.1) is 0 Å². The zero-order chi connectivity index (χ0) is 15.5. The molecule has 21 heavy (non-hydrogen) atoms. The highest BCUT2D eigenvalue weighted by atomic mass is 32.2. The van der Waals surface area contributed by atoms with Gasteiger partial charge in [-0.3, -0.25) is 0 Å². The number of hydrogen-bond donors (Lipinski definition) is 2. The van der Waals surface area contributed by atoms with E-state index in [0.29, 0.717) is 12.3 Å². The van der Waals surface area contributed by atoms with Crippen molar-refractivity contribution in [2.24, 2.45) is 5.92 Å². The van der Waals surface area contributed by atoms with Crippen LogP contribution in [0, 0.1) is 17.6 Å². The van der Waals surface area contributed by atoms with Crippen molar-refractivity contribution in [1.82, 2.24) is 4.72 Å². The average Bonchev–Trinajstić information content (AvgIpc) is 2.94. The Morgan fingerprint density at radius 1 is 1.24 bits per heavy atom. The number of anilines is 1. The Balaban J connectivity index is 1.93. The molecule has 1 aliphatic rings. The molecule has 0 bridgehead atoms. The molecule has 0 aromatic heterocycles. The molecule has 1 aliphatic carbocycles. The molecule has 7 heteroatoms. The van der Waals surface area contributed by atoms with E-state index in [1.165, 1.54) is 25.7 Å². The summed E-state index contributed by atoms with van der Waals surface area (Å²) in [5.74, 6) is -1.53. The van der Waals surface area contributed by atoms with Gasteiger partial charge in [0.15, 0.2) is 5.82 Å². The predicted molar refractivity (Wildman–Crippen MR) is 77.2 cm³/mol. The average molecular weight is 318 g/mol. The number of benzene rings is 1. The second-order valence-electron chi connectivity index (χ2n) is 5.46. The summed E-state index contributed by atoms with van der Waals surface area (Å²) in [5, 5.41) is 0. The van der Waals surface area contributed by atoms with E-state index in [2.05, 4.69) is 4.72 Å². The van der Waals surface area contributed by atoms with E-state index in [4.69, 9.17) is 5.73 Å². The van der Waals surface area contributed by atoms with Gasteiger partial charge in [-0.05, 0) is 30.9 Å². The van der Waals surface area contributed by atoms with Gasteiger partial charge in [0.25, 0.3) is 0 Å². The molecule has 0 heterocycles.